The number of ether oxygens (including phenoxy) is 2. The molecule has 1 heterocycles. The van der Waals surface area contributed by atoms with Gasteiger partial charge < -0.3 is 24.9 Å². The number of benzene rings is 3. The van der Waals surface area contributed by atoms with Gasteiger partial charge in [-0.15, -0.1) is 0 Å². The van der Waals surface area contributed by atoms with E-state index in [-0.39, 0.29) is 12.5 Å². The molecule has 34 heavy (non-hydrogen) atoms. The Labute approximate surface area is 196 Å². The van der Waals surface area contributed by atoms with Crippen molar-refractivity contribution in [2.24, 2.45) is 5.73 Å². The molecule has 0 aliphatic rings. The third-order valence-corrected chi connectivity index (χ3v) is 5.05. The number of carbonyl (C=O) groups excluding carboxylic acids is 2. The fourth-order valence-electron chi connectivity index (χ4n) is 3.36. The highest BCUT2D eigenvalue weighted by Gasteiger charge is 2.16. The lowest BCUT2D eigenvalue weighted by Gasteiger charge is -2.12. The second kappa shape index (κ2) is 10.6. The summed E-state index contributed by atoms with van der Waals surface area (Å²) >= 11 is 0. The molecule has 1 amide bonds. The fraction of sp³-hybridized carbons (Fsp3) is 0.192. The first-order valence-corrected chi connectivity index (χ1v) is 10.9. The zero-order chi connectivity index (χ0) is 23.9. The third-order valence-electron chi connectivity index (χ3n) is 5.05. The van der Waals surface area contributed by atoms with Gasteiger partial charge in [-0.1, -0.05) is 30.3 Å². The van der Waals surface area contributed by atoms with Crippen LogP contribution in [0.25, 0.3) is 22.6 Å². The molecule has 1 aromatic heterocycles. The average Bonchev–Trinajstić information content (AvgIpc) is 3.27. The Hall–Kier alpha value is -4.17. The predicted molar refractivity (Wildman–Crippen MR) is 128 cm³/mol. The standard InChI is InChI=1S/C26H25N3O5/c1-2-32-24(30)16-33-20-11-8-18(9-12-20)26-29-22-15-19(10-13-23(22)34-26)28-25(31)21(27)14-17-6-4-3-5-7-17/h3-13,15,21H,2,14,16,27H2,1H3,(H,28,31)/t21-/m1/s1. The Balaban J connectivity index is 1.40. The van der Waals surface area contributed by atoms with Crippen molar-refractivity contribution in [2.45, 2.75) is 19.4 Å². The van der Waals surface area contributed by atoms with E-state index in [2.05, 4.69) is 10.3 Å². The minimum Gasteiger partial charge on any atom is -0.482 e. The van der Waals surface area contributed by atoms with Crippen LogP contribution in [0.5, 0.6) is 5.75 Å². The van der Waals surface area contributed by atoms with E-state index in [1.54, 1.807) is 49.4 Å². The molecule has 0 radical (unpaired) electrons. The molecule has 0 bridgehead atoms. The molecule has 3 N–H and O–H groups in total. The Morgan fingerprint density at radius 2 is 1.82 bits per heavy atom. The SMILES string of the molecule is CCOC(=O)COc1ccc(-c2nc3cc(NC(=O)[C@H](N)Cc4ccccc4)ccc3o2)cc1. The van der Waals surface area contributed by atoms with Crippen LogP contribution >= 0.6 is 0 Å². The zero-order valence-electron chi connectivity index (χ0n) is 18.7. The molecule has 1 atom stereocenters. The molecule has 8 heteroatoms. The van der Waals surface area contributed by atoms with E-state index in [1.165, 1.54) is 0 Å². The summed E-state index contributed by atoms with van der Waals surface area (Å²) in [5.41, 5.74) is 9.60. The Bertz CT molecular complexity index is 1270. The lowest BCUT2D eigenvalue weighted by atomic mass is 10.1. The number of nitrogens with zero attached hydrogens (tertiary/aromatic N) is 1. The first kappa shape index (κ1) is 23.0. The van der Waals surface area contributed by atoms with E-state index in [9.17, 15) is 9.59 Å². The molecular weight excluding hydrogens is 434 g/mol. The first-order valence-electron chi connectivity index (χ1n) is 10.9. The predicted octanol–water partition coefficient (Wildman–Crippen LogP) is 3.95. The van der Waals surface area contributed by atoms with Gasteiger partial charge in [-0.05, 0) is 61.4 Å². The first-order chi connectivity index (χ1) is 16.5. The van der Waals surface area contributed by atoms with E-state index in [1.807, 2.05) is 30.3 Å². The lowest BCUT2D eigenvalue weighted by molar-refractivity contribution is -0.145. The van der Waals surface area contributed by atoms with Crippen molar-refractivity contribution < 1.29 is 23.5 Å². The largest absolute Gasteiger partial charge is 0.482 e. The summed E-state index contributed by atoms with van der Waals surface area (Å²) in [6.07, 6.45) is 0.447. The molecule has 0 unspecified atom stereocenters. The molecule has 0 spiro atoms. The number of nitrogens with one attached hydrogen (secondary N) is 1. The second-order valence-electron chi connectivity index (χ2n) is 7.61. The zero-order valence-corrected chi connectivity index (χ0v) is 18.7. The van der Waals surface area contributed by atoms with Gasteiger partial charge in [-0.25, -0.2) is 9.78 Å². The van der Waals surface area contributed by atoms with Crippen molar-refractivity contribution in [2.75, 3.05) is 18.5 Å². The Morgan fingerprint density at radius 3 is 2.56 bits per heavy atom. The van der Waals surface area contributed by atoms with E-state index < -0.39 is 12.0 Å². The molecule has 0 fully saturated rings. The van der Waals surface area contributed by atoms with E-state index >= 15 is 0 Å². The number of fused-ring (bicyclic) bond motifs is 1. The van der Waals surface area contributed by atoms with Gasteiger partial charge in [0.1, 0.15) is 11.3 Å². The van der Waals surface area contributed by atoms with E-state index in [4.69, 9.17) is 19.6 Å². The topological polar surface area (TPSA) is 117 Å². The molecule has 3 aromatic carbocycles. The molecular formula is C26H25N3O5. The van der Waals surface area contributed by atoms with Crippen molar-refractivity contribution in [3.63, 3.8) is 0 Å². The van der Waals surface area contributed by atoms with Crippen LogP contribution in [0.2, 0.25) is 0 Å². The van der Waals surface area contributed by atoms with Gasteiger partial charge in [0.2, 0.25) is 11.8 Å². The summed E-state index contributed by atoms with van der Waals surface area (Å²) in [6.45, 7) is 1.90. The number of amides is 1. The number of hydrogen-bond acceptors (Lipinski definition) is 7. The molecule has 4 rings (SSSR count). The summed E-state index contributed by atoms with van der Waals surface area (Å²) in [5.74, 6) is 0.265. The normalized spacial score (nSPS) is 11.7. The van der Waals surface area contributed by atoms with Crippen molar-refractivity contribution in [1.82, 2.24) is 4.98 Å². The van der Waals surface area contributed by atoms with Crippen LogP contribution in [0.4, 0.5) is 5.69 Å². The summed E-state index contributed by atoms with van der Waals surface area (Å²) in [5, 5.41) is 2.84. The molecule has 8 nitrogen and oxygen atoms in total. The van der Waals surface area contributed by atoms with Crippen LogP contribution in [-0.2, 0) is 20.7 Å². The number of rotatable bonds is 9. The summed E-state index contributed by atoms with van der Waals surface area (Å²) < 4.78 is 16.1. The molecule has 0 saturated heterocycles. The van der Waals surface area contributed by atoms with Crippen molar-refractivity contribution in [3.05, 3.63) is 78.4 Å². The maximum atomic E-state index is 12.5. The van der Waals surface area contributed by atoms with Gasteiger partial charge in [0, 0.05) is 11.3 Å². The average molecular weight is 460 g/mol. The van der Waals surface area contributed by atoms with E-state index in [0.717, 1.165) is 11.1 Å². The molecule has 0 saturated carbocycles. The van der Waals surface area contributed by atoms with Gasteiger partial charge in [-0.2, -0.15) is 0 Å². The summed E-state index contributed by atoms with van der Waals surface area (Å²) in [4.78, 5) is 28.5. The molecule has 4 aromatic rings. The van der Waals surface area contributed by atoms with Gasteiger partial charge >= 0.3 is 5.97 Å². The van der Waals surface area contributed by atoms with Crippen LogP contribution in [0.3, 0.4) is 0 Å². The second-order valence-corrected chi connectivity index (χ2v) is 7.61. The minimum absolute atomic E-state index is 0.153. The van der Waals surface area contributed by atoms with Crippen molar-refractivity contribution >= 4 is 28.7 Å². The van der Waals surface area contributed by atoms with Crippen LogP contribution in [0, 0.1) is 0 Å². The number of anilines is 1. The van der Waals surface area contributed by atoms with Gasteiger partial charge in [0.25, 0.3) is 0 Å². The molecule has 174 valence electrons. The molecule has 0 aliphatic carbocycles. The number of hydrogen-bond donors (Lipinski definition) is 2. The summed E-state index contributed by atoms with van der Waals surface area (Å²) in [6, 6.07) is 21.2. The summed E-state index contributed by atoms with van der Waals surface area (Å²) in [7, 11) is 0. The van der Waals surface area contributed by atoms with Crippen molar-refractivity contribution in [3.8, 4) is 17.2 Å². The maximum absolute atomic E-state index is 12.5. The minimum atomic E-state index is -0.671. The van der Waals surface area contributed by atoms with Crippen LogP contribution in [0.15, 0.2) is 77.2 Å². The smallest absolute Gasteiger partial charge is 0.344 e. The van der Waals surface area contributed by atoms with Gasteiger partial charge in [-0.3, -0.25) is 4.79 Å². The number of esters is 1. The quantitative estimate of drug-likeness (QED) is 0.364. The number of carbonyl (C=O) groups is 2. The highest BCUT2D eigenvalue weighted by Crippen LogP contribution is 2.27. The van der Waals surface area contributed by atoms with Crippen molar-refractivity contribution in [1.29, 1.82) is 0 Å². The third kappa shape index (κ3) is 5.79. The van der Waals surface area contributed by atoms with Crippen LogP contribution in [-0.4, -0.2) is 36.1 Å². The van der Waals surface area contributed by atoms with Crippen LogP contribution in [0.1, 0.15) is 12.5 Å². The number of nitrogens with two attached hydrogens (primary N) is 1. The highest BCUT2D eigenvalue weighted by atomic mass is 16.6. The molecule has 0 aliphatic heterocycles. The fourth-order valence-corrected chi connectivity index (χ4v) is 3.36. The lowest BCUT2D eigenvalue weighted by Crippen LogP contribution is -2.37. The van der Waals surface area contributed by atoms with Gasteiger partial charge in [0.05, 0.1) is 12.6 Å². The maximum Gasteiger partial charge on any atom is 0.344 e. The van der Waals surface area contributed by atoms with E-state index in [0.29, 0.717) is 41.5 Å². The monoisotopic (exact) mass is 459 g/mol. The Morgan fingerprint density at radius 1 is 1.06 bits per heavy atom. The number of aromatic nitrogens is 1. The Kier molecular flexibility index (Phi) is 7.19. The van der Waals surface area contributed by atoms with Gasteiger partial charge in [0.15, 0.2) is 12.2 Å². The van der Waals surface area contributed by atoms with Crippen LogP contribution < -0.4 is 15.8 Å². The number of oxazole rings is 1. The highest BCUT2D eigenvalue weighted by molar-refractivity contribution is 5.96.